The van der Waals surface area contributed by atoms with Crippen LogP contribution in [-0.2, 0) is 0 Å². The Balaban J connectivity index is 0.000000461. The smallest absolute Gasteiger partial charge is 0.0192 e. The third-order valence-electron chi connectivity index (χ3n) is 1.95. The average molecular weight is 158 g/mol. The summed E-state index contributed by atoms with van der Waals surface area (Å²) in [5.41, 5.74) is 0. The van der Waals surface area contributed by atoms with Gasteiger partial charge in [-0.15, -0.1) is 0 Å². The second kappa shape index (κ2) is 6.62. The molecule has 1 aliphatic heterocycles. The standard InChI is InChI=1S/C7H16N2.C2H6/c1-3-7-6-9(2)5-4-8-7;1-2/h7-8H,3-6H2,1-2H3;1-2H3. The molecule has 0 radical (unpaired) electrons. The zero-order valence-electron chi connectivity index (χ0n) is 8.35. The number of hydrogen-bond donors (Lipinski definition) is 1. The first-order chi connectivity index (χ1) is 5.33. The predicted molar refractivity (Wildman–Crippen MR) is 50.9 cm³/mol. The average Bonchev–Trinajstić information content (AvgIpc) is 2.08. The molecule has 1 unspecified atom stereocenters. The lowest BCUT2D eigenvalue weighted by molar-refractivity contribution is 0.235. The molecular weight excluding hydrogens is 136 g/mol. The summed E-state index contributed by atoms with van der Waals surface area (Å²) in [5.74, 6) is 0. The second-order valence-electron chi connectivity index (χ2n) is 2.82. The maximum absolute atomic E-state index is 3.46. The van der Waals surface area contributed by atoms with Crippen LogP contribution in [0.2, 0.25) is 0 Å². The van der Waals surface area contributed by atoms with Crippen LogP contribution in [0.5, 0.6) is 0 Å². The van der Waals surface area contributed by atoms with Gasteiger partial charge in [0.15, 0.2) is 0 Å². The van der Waals surface area contributed by atoms with E-state index in [0.29, 0.717) is 0 Å². The van der Waals surface area contributed by atoms with Gasteiger partial charge in [0.25, 0.3) is 0 Å². The fraction of sp³-hybridized carbons (Fsp3) is 1.00. The number of nitrogens with zero attached hydrogens (tertiary/aromatic N) is 1. The van der Waals surface area contributed by atoms with Gasteiger partial charge in [-0.3, -0.25) is 0 Å². The van der Waals surface area contributed by atoms with Gasteiger partial charge in [0.2, 0.25) is 0 Å². The summed E-state index contributed by atoms with van der Waals surface area (Å²) in [6.07, 6.45) is 1.25. The van der Waals surface area contributed by atoms with E-state index in [1.165, 1.54) is 19.5 Å². The van der Waals surface area contributed by atoms with E-state index in [0.717, 1.165) is 12.6 Å². The lowest BCUT2D eigenvalue weighted by Gasteiger charge is -2.29. The van der Waals surface area contributed by atoms with Crippen molar-refractivity contribution in [2.75, 3.05) is 26.7 Å². The quantitative estimate of drug-likeness (QED) is 0.619. The molecule has 0 spiro atoms. The van der Waals surface area contributed by atoms with Crippen molar-refractivity contribution in [3.63, 3.8) is 0 Å². The van der Waals surface area contributed by atoms with Gasteiger partial charge in [-0.2, -0.15) is 0 Å². The normalized spacial score (nSPS) is 25.6. The molecule has 0 aliphatic carbocycles. The lowest BCUT2D eigenvalue weighted by atomic mass is 10.2. The van der Waals surface area contributed by atoms with Crippen LogP contribution in [0.15, 0.2) is 0 Å². The molecule has 2 heteroatoms. The van der Waals surface area contributed by atoms with Gasteiger partial charge in [0, 0.05) is 25.7 Å². The van der Waals surface area contributed by atoms with Gasteiger partial charge in [-0.25, -0.2) is 0 Å². The highest BCUT2D eigenvalue weighted by molar-refractivity contribution is 4.74. The van der Waals surface area contributed by atoms with Gasteiger partial charge < -0.3 is 10.2 Å². The summed E-state index contributed by atoms with van der Waals surface area (Å²) < 4.78 is 0. The molecule has 0 bridgehead atoms. The highest BCUT2D eigenvalue weighted by Gasteiger charge is 2.12. The van der Waals surface area contributed by atoms with Crippen LogP contribution in [0, 0.1) is 0 Å². The summed E-state index contributed by atoms with van der Waals surface area (Å²) in [6.45, 7) is 9.82. The monoisotopic (exact) mass is 158 g/mol. The van der Waals surface area contributed by atoms with Gasteiger partial charge in [-0.1, -0.05) is 20.8 Å². The van der Waals surface area contributed by atoms with Gasteiger partial charge >= 0.3 is 0 Å². The van der Waals surface area contributed by atoms with E-state index in [1.54, 1.807) is 0 Å². The maximum Gasteiger partial charge on any atom is 0.0192 e. The molecule has 68 valence electrons. The van der Waals surface area contributed by atoms with Crippen LogP contribution in [0.1, 0.15) is 27.2 Å². The molecular formula is C9H22N2. The molecule has 1 heterocycles. The van der Waals surface area contributed by atoms with Crippen molar-refractivity contribution in [1.82, 2.24) is 10.2 Å². The van der Waals surface area contributed by atoms with Crippen LogP contribution < -0.4 is 5.32 Å². The van der Waals surface area contributed by atoms with Gasteiger partial charge in [0.05, 0.1) is 0 Å². The minimum absolute atomic E-state index is 0.740. The van der Waals surface area contributed by atoms with Crippen LogP contribution in [0.4, 0.5) is 0 Å². The Morgan fingerprint density at radius 1 is 1.45 bits per heavy atom. The van der Waals surface area contributed by atoms with E-state index in [4.69, 9.17) is 0 Å². The SMILES string of the molecule is CC.CCC1CN(C)CCN1. The van der Waals surface area contributed by atoms with Gasteiger partial charge in [-0.05, 0) is 13.5 Å². The zero-order chi connectivity index (χ0) is 8.69. The van der Waals surface area contributed by atoms with Gasteiger partial charge in [0.1, 0.15) is 0 Å². The Labute approximate surface area is 71.0 Å². The highest BCUT2D eigenvalue weighted by Crippen LogP contribution is 1.98. The van der Waals surface area contributed by atoms with E-state index >= 15 is 0 Å². The fourth-order valence-corrected chi connectivity index (χ4v) is 1.27. The lowest BCUT2D eigenvalue weighted by Crippen LogP contribution is -2.48. The Kier molecular flexibility index (Phi) is 6.57. The van der Waals surface area contributed by atoms with E-state index in [2.05, 4.69) is 24.2 Å². The number of likely N-dealkylation sites (N-methyl/N-ethyl adjacent to an activating group) is 1. The Bertz CT molecular complexity index is 83.6. The summed E-state index contributed by atoms with van der Waals surface area (Å²) >= 11 is 0. The van der Waals surface area contributed by atoms with E-state index in [-0.39, 0.29) is 0 Å². The first-order valence-corrected chi connectivity index (χ1v) is 4.75. The van der Waals surface area contributed by atoms with Crippen molar-refractivity contribution in [3.05, 3.63) is 0 Å². The minimum Gasteiger partial charge on any atom is -0.311 e. The number of nitrogens with one attached hydrogen (secondary N) is 1. The number of piperazine rings is 1. The molecule has 0 aromatic heterocycles. The van der Waals surface area contributed by atoms with Crippen molar-refractivity contribution < 1.29 is 0 Å². The summed E-state index contributed by atoms with van der Waals surface area (Å²) in [5, 5.41) is 3.46. The maximum atomic E-state index is 3.46. The summed E-state index contributed by atoms with van der Waals surface area (Å²) in [6, 6.07) is 0.740. The fourth-order valence-electron chi connectivity index (χ4n) is 1.27. The predicted octanol–water partition coefficient (Wildman–Crippen LogP) is 1.33. The molecule has 1 aliphatic rings. The molecule has 1 atom stereocenters. The molecule has 1 N–H and O–H groups in total. The van der Waals surface area contributed by atoms with E-state index < -0.39 is 0 Å². The third-order valence-corrected chi connectivity index (χ3v) is 1.95. The first-order valence-electron chi connectivity index (χ1n) is 4.75. The minimum atomic E-state index is 0.740. The molecule has 1 fully saturated rings. The van der Waals surface area contributed by atoms with Crippen molar-refractivity contribution in [3.8, 4) is 0 Å². The van der Waals surface area contributed by atoms with Crippen molar-refractivity contribution in [2.45, 2.75) is 33.2 Å². The Hall–Kier alpha value is -0.0800. The zero-order valence-corrected chi connectivity index (χ0v) is 8.35. The molecule has 1 rings (SSSR count). The third kappa shape index (κ3) is 4.38. The van der Waals surface area contributed by atoms with Crippen LogP contribution in [0.3, 0.4) is 0 Å². The molecule has 11 heavy (non-hydrogen) atoms. The second-order valence-corrected chi connectivity index (χ2v) is 2.82. The molecule has 1 saturated heterocycles. The number of hydrogen-bond acceptors (Lipinski definition) is 2. The molecule has 2 nitrogen and oxygen atoms in total. The largest absolute Gasteiger partial charge is 0.311 e. The molecule has 0 aromatic carbocycles. The highest BCUT2D eigenvalue weighted by atomic mass is 15.2. The van der Waals surface area contributed by atoms with Crippen LogP contribution >= 0.6 is 0 Å². The van der Waals surface area contributed by atoms with Crippen molar-refractivity contribution in [1.29, 1.82) is 0 Å². The van der Waals surface area contributed by atoms with Crippen LogP contribution in [0.25, 0.3) is 0 Å². The van der Waals surface area contributed by atoms with E-state index in [9.17, 15) is 0 Å². The van der Waals surface area contributed by atoms with Crippen molar-refractivity contribution in [2.24, 2.45) is 0 Å². The summed E-state index contributed by atoms with van der Waals surface area (Å²) in [4.78, 5) is 2.38. The Morgan fingerprint density at radius 3 is 2.45 bits per heavy atom. The van der Waals surface area contributed by atoms with Crippen molar-refractivity contribution >= 4 is 0 Å². The molecule has 0 aromatic rings. The number of rotatable bonds is 1. The first kappa shape index (κ1) is 10.9. The molecule has 0 amide bonds. The van der Waals surface area contributed by atoms with E-state index in [1.807, 2.05) is 13.8 Å². The Morgan fingerprint density at radius 2 is 2.09 bits per heavy atom. The topological polar surface area (TPSA) is 15.3 Å². The summed E-state index contributed by atoms with van der Waals surface area (Å²) in [7, 11) is 2.18. The van der Waals surface area contributed by atoms with Crippen LogP contribution in [-0.4, -0.2) is 37.6 Å². The molecule has 0 saturated carbocycles.